The number of guanidine groups is 1. The van der Waals surface area contributed by atoms with Crippen LogP contribution >= 0.6 is 0 Å². The average molecular weight is 358 g/mol. The van der Waals surface area contributed by atoms with Gasteiger partial charge in [-0.1, -0.05) is 18.2 Å². The van der Waals surface area contributed by atoms with Crippen molar-refractivity contribution in [2.24, 2.45) is 12.0 Å². The number of nitrogens with one attached hydrogen (secondary N) is 1. The number of rotatable bonds is 8. The summed E-state index contributed by atoms with van der Waals surface area (Å²) in [6.07, 6.45) is 2.06. The van der Waals surface area contributed by atoms with Crippen LogP contribution in [0.4, 0.5) is 0 Å². The number of aryl methyl sites for hydroxylation is 1. The summed E-state index contributed by atoms with van der Waals surface area (Å²) in [7, 11) is 10.00. The zero-order valence-electron chi connectivity index (χ0n) is 16.6. The molecule has 0 atom stereocenters. The Morgan fingerprint density at radius 2 is 1.92 bits per heavy atom. The Hall–Kier alpha value is -2.47. The molecule has 0 bridgehead atoms. The molecule has 0 amide bonds. The topological polar surface area (TPSA) is 45.0 Å². The van der Waals surface area contributed by atoms with E-state index in [2.05, 4.69) is 56.1 Å². The van der Waals surface area contributed by atoms with Gasteiger partial charge < -0.3 is 24.4 Å². The third kappa shape index (κ3) is 5.81. The van der Waals surface area contributed by atoms with E-state index in [0.29, 0.717) is 13.2 Å². The zero-order chi connectivity index (χ0) is 18.9. The molecular weight excluding hydrogens is 326 g/mol. The first-order valence-corrected chi connectivity index (χ1v) is 8.88. The number of para-hydroxylation sites is 1. The summed E-state index contributed by atoms with van der Waals surface area (Å²) in [5.74, 6) is 1.77. The molecule has 0 aliphatic rings. The summed E-state index contributed by atoms with van der Waals surface area (Å²) in [4.78, 5) is 8.63. The third-order valence-corrected chi connectivity index (χ3v) is 4.23. The molecule has 6 heteroatoms. The number of hydrogen-bond acceptors (Lipinski definition) is 3. The van der Waals surface area contributed by atoms with Gasteiger partial charge in [-0.15, -0.1) is 0 Å². The molecule has 2 rings (SSSR count). The van der Waals surface area contributed by atoms with Gasteiger partial charge in [0.15, 0.2) is 5.96 Å². The van der Waals surface area contributed by atoms with Gasteiger partial charge in [0.05, 0.1) is 6.54 Å². The summed E-state index contributed by atoms with van der Waals surface area (Å²) >= 11 is 0. The van der Waals surface area contributed by atoms with Crippen LogP contribution in [-0.4, -0.2) is 61.7 Å². The molecule has 0 saturated carbocycles. The Bertz CT molecular complexity index is 708. The summed E-state index contributed by atoms with van der Waals surface area (Å²) in [6.45, 7) is 3.03. The van der Waals surface area contributed by atoms with Crippen molar-refractivity contribution in [1.29, 1.82) is 0 Å². The molecule has 6 nitrogen and oxygen atoms in total. The molecule has 1 aromatic carbocycles. The number of ether oxygens (including phenoxy) is 1. The molecule has 0 aliphatic heterocycles. The van der Waals surface area contributed by atoms with E-state index >= 15 is 0 Å². The molecule has 1 heterocycles. The van der Waals surface area contributed by atoms with Crippen LogP contribution < -0.4 is 10.1 Å². The van der Waals surface area contributed by atoms with Crippen LogP contribution in [0, 0.1) is 0 Å². The second-order valence-electron chi connectivity index (χ2n) is 6.63. The minimum atomic E-state index is 0.669. The molecule has 1 N–H and O–H groups in total. The van der Waals surface area contributed by atoms with Crippen LogP contribution in [-0.2, 0) is 20.1 Å². The van der Waals surface area contributed by atoms with Gasteiger partial charge in [0.1, 0.15) is 12.4 Å². The van der Waals surface area contributed by atoms with Gasteiger partial charge >= 0.3 is 0 Å². The Labute approximate surface area is 157 Å². The van der Waals surface area contributed by atoms with Crippen LogP contribution in [0.5, 0.6) is 5.75 Å². The monoisotopic (exact) mass is 357 g/mol. The van der Waals surface area contributed by atoms with Crippen LogP contribution in [0.25, 0.3) is 0 Å². The van der Waals surface area contributed by atoms with Crippen LogP contribution in [0.2, 0.25) is 0 Å². The average Bonchev–Trinajstić information content (AvgIpc) is 3.01. The lowest BCUT2D eigenvalue weighted by molar-refractivity contribution is 0.259. The Morgan fingerprint density at radius 3 is 2.58 bits per heavy atom. The van der Waals surface area contributed by atoms with E-state index in [0.717, 1.165) is 30.4 Å². The number of benzene rings is 1. The SMILES string of the molecule is CN=C(NCc1ccccc1OCCN(C)C)N(C)Cc1cccn1C. The molecule has 0 aliphatic carbocycles. The lowest BCUT2D eigenvalue weighted by Crippen LogP contribution is -2.38. The van der Waals surface area contributed by atoms with Crippen molar-refractivity contribution >= 4 is 5.96 Å². The van der Waals surface area contributed by atoms with Crippen molar-refractivity contribution in [3.05, 3.63) is 53.9 Å². The largest absolute Gasteiger partial charge is 0.492 e. The van der Waals surface area contributed by atoms with Gasteiger partial charge in [-0.2, -0.15) is 0 Å². The molecule has 1 aromatic heterocycles. The molecule has 0 radical (unpaired) electrons. The highest BCUT2D eigenvalue weighted by Gasteiger charge is 2.10. The van der Waals surface area contributed by atoms with Crippen molar-refractivity contribution in [2.45, 2.75) is 13.1 Å². The quantitative estimate of drug-likeness (QED) is 0.581. The summed E-state index contributed by atoms with van der Waals surface area (Å²) in [5, 5.41) is 3.43. The molecule has 0 fully saturated rings. The number of aromatic nitrogens is 1. The summed E-state index contributed by atoms with van der Waals surface area (Å²) < 4.78 is 8.06. The molecule has 0 saturated heterocycles. The van der Waals surface area contributed by atoms with Gasteiger partial charge in [-0.05, 0) is 32.3 Å². The highest BCUT2D eigenvalue weighted by Crippen LogP contribution is 2.17. The van der Waals surface area contributed by atoms with E-state index in [-0.39, 0.29) is 0 Å². The first-order chi connectivity index (χ1) is 12.5. The zero-order valence-corrected chi connectivity index (χ0v) is 16.6. The van der Waals surface area contributed by atoms with E-state index < -0.39 is 0 Å². The van der Waals surface area contributed by atoms with Gasteiger partial charge in [0, 0.05) is 51.7 Å². The van der Waals surface area contributed by atoms with Crippen molar-refractivity contribution < 1.29 is 4.74 Å². The smallest absolute Gasteiger partial charge is 0.194 e. The van der Waals surface area contributed by atoms with Crippen molar-refractivity contribution in [3.63, 3.8) is 0 Å². The van der Waals surface area contributed by atoms with Gasteiger partial charge in [-0.25, -0.2) is 0 Å². The van der Waals surface area contributed by atoms with Gasteiger partial charge in [0.25, 0.3) is 0 Å². The maximum absolute atomic E-state index is 5.94. The fourth-order valence-electron chi connectivity index (χ4n) is 2.67. The van der Waals surface area contributed by atoms with Gasteiger partial charge in [0.2, 0.25) is 0 Å². The molecule has 0 unspecified atom stereocenters. The van der Waals surface area contributed by atoms with E-state index in [1.807, 2.05) is 46.4 Å². The first kappa shape index (κ1) is 19.8. The Kier molecular flexibility index (Phi) is 7.53. The maximum Gasteiger partial charge on any atom is 0.194 e. The fourth-order valence-corrected chi connectivity index (χ4v) is 2.67. The maximum atomic E-state index is 5.94. The second kappa shape index (κ2) is 9.87. The Morgan fingerprint density at radius 1 is 1.15 bits per heavy atom. The summed E-state index contributed by atoms with van der Waals surface area (Å²) in [6, 6.07) is 12.3. The van der Waals surface area contributed by atoms with Crippen molar-refractivity contribution in [2.75, 3.05) is 41.3 Å². The second-order valence-corrected chi connectivity index (χ2v) is 6.63. The van der Waals surface area contributed by atoms with Crippen molar-refractivity contribution in [1.82, 2.24) is 19.7 Å². The summed E-state index contributed by atoms with van der Waals surface area (Å²) in [5.41, 5.74) is 2.36. The number of aliphatic imine (C=N–C) groups is 1. The highest BCUT2D eigenvalue weighted by molar-refractivity contribution is 5.79. The molecule has 2 aromatic rings. The van der Waals surface area contributed by atoms with Crippen molar-refractivity contribution in [3.8, 4) is 5.75 Å². The van der Waals surface area contributed by atoms with Crippen LogP contribution in [0.3, 0.4) is 0 Å². The van der Waals surface area contributed by atoms with E-state index in [9.17, 15) is 0 Å². The fraction of sp³-hybridized carbons (Fsp3) is 0.450. The highest BCUT2D eigenvalue weighted by atomic mass is 16.5. The van der Waals surface area contributed by atoms with Crippen LogP contribution in [0.15, 0.2) is 47.6 Å². The number of likely N-dealkylation sites (N-methyl/N-ethyl adjacent to an activating group) is 1. The molecule has 142 valence electrons. The standard InChI is InChI=1S/C20H31N5O/c1-21-20(25(5)16-18-10-8-12-24(18)4)22-15-17-9-6-7-11-19(17)26-14-13-23(2)3/h6-12H,13-16H2,1-5H3,(H,21,22). The molecule has 26 heavy (non-hydrogen) atoms. The normalized spacial score (nSPS) is 11.7. The van der Waals surface area contributed by atoms with Gasteiger partial charge in [-0.3, -0.25) is 4.99 Å². The molecule has 0 spiro atoms. The number of nitrogens with zero attached hydrogens (tertiary/aromatic N) is 4. The third-order valence-electron chi connectivity index (χ3n) is 4.23. The van der Waals surface area contributed by atoms with E-state index in [1.165, 1.54) is 5.69 Å². The lowest BCUT2D eigenvalue weighted by atomic mass is 10.2. The molecular formula is C20H31N5O. The Balaban J connectivity index is 1.94. The predicted molar refractivity (Wildman–Crippen MR) is 108 cm³/mol. The van der Waals surface area contributed by atoms with Crippen LogP contribution in [0.1, 0.15) is 11.3 Å². The van der Waals surface area contributed by atoms with E-state index in [1.54, 1.807) is 0 Å². The van der Waals surface area contributed by atoms with E-state index in [4.69, 9.17) is 4.74 Å². The minimum absolute atomic E-state index is 0.669. The first-order valence-electron chi connectivity index (χ1n) is 8.88. The number of hydrogen-bond donors (Lipinski definition) is 1. The predicted octanol–water partition coefficient (Wildman–Crippen LogP) is 2.17. The minimum Gasteiger partial charge on any atom is -0.492 e. The lowest BCUT2D eigenvalue weighted by Gasteiger charge is -2.23.